The molecule has 0 spiro atoms. The summed E-state index contributed by atoms with van der Waals surface area (Å²) in [6.07, 6.45) is 37.3. The Morgan fingerprint density at radius 1 is 0.442 bits per heavy atom. The highest BCUT2D eigenvalue weighted by molar-refractivity contribution is 7.27. The third kappa shape index (κ3) is 10.4. The lowest BCUT2D eigenvalue weighted by atomic mass is 9.96. The van der Waals surface area contributed by atoms with Gasteiger partial charge in [-0.25, -0.2) is 0 Å². The molecule has 0 aliphatic carbocycles. The molecule has 43 heavy (non-hydrogen) atoms. The molecule has 0 nitrogen and oxygen atoms in total. The van der Waals surface area contributed by atoms with Crippen molar-refractivity contribution in [2.45, 2.75) is 156 Å². The lowest BCUT2D eigenvalue weighted by Crippen LogP contribution is -1.95. The van der Waals surface area contributed by atoms with Crippen molar-refractivity contribution in [2.24, 2.45) is 0 Å². The van der Waals surface area contributed by atoms with E-state index in [1.165, 1.54) is 143 Å². The molecule has 0 atom stereocenters. The summed E-state index contributed by atoms with van der Waals surface area (Å²) in [5, 5.41) is 0. The fourth-order valence-electron chi connectivity index (χ4n) is 6.18. The van der Waals surface area contributed by atoms with Gasteiger partial charge in [-0.1, -0.05) is 117 Å². The topological polar surface area (TPSA) is 0 Å². The van der Waals surface area contributed by atoms with Gasteiger partial charge in [0.15, 0.2) is 0 Å². The van der Waals surface area contributed by atoms with E-state index in [1.54, 1.807) is 11.1 Å². The highest BCUT2D eigenvalue weighted by atomic mass is 32.1. The van der Waals surface area contributed by atoms with Crippen LogP contribution < -0.4 is 0 Å². The second kappa shape index (κ2) is 20.3. The molecule has 0 unspecified atom stereocenters. The first-order chi connectivity index (χ1) is 21.1. The van der Waals surface area contributed by atoms with E-state index < -0.39 is 0 Å². The number of thiophene rings is 3. The zero-order valence-corrected chi connectivity index (χ0v) is 30.1. The molecule has 0 fully saturated rings. The summed E-state index contributed by atoms with van der Waals surface area (Å²) in [6, 6.07) is 4.75. The van der Waals surface area contributed by atoms with Crippen molar-refractivity contribution in [3.63, 3.8) is 0 Å². The van der Waals surface area contributed by atoms with Crippen LogP contribution in [0.4, 0.5) is 0 Å². The maximum Gasteiger partial charge on any atom is 0.0807 e. The fraction of sp³-hybridized carbons (Fsp3) is 0.600. The van der Waals surface area contributed by atoms with Crippen LogP contribution in [0.25, 0.3) is 19.5 Å². The lowest BCUT2D eigenvalue weighted by Gasteiger charge is -2.09. The Kier molecular flexibility index (Phi) is 16.8. The van der Waals surface area contributed by atoms with Gasteiger partial charge in [-0.15, -0.1) is 46.9 Å². The lowest BCUT2D eigenvalue weighted by molar-refractivity contribution is 0.652. The summed E-state index contributed by atoms with van der Waals surface area (Å²) in [5.41, 5.74) is 6.04. The van der Waals surface area contributed by atoms with Gasteiger partial charge in [-0.3, -0.25) is 0 Å². The zero-order chi connectivity index (χ0) is 30.9. The van der Waals surface area contributed by atoms with Gasteiger partial charge in [-0.05, 0) is 85.8 Å². The van der Waals surface area contributed by atoms with E-state index in [9.17, 15) is 0 Å². The first-order valence-corrected chi connectivity index (χ1v) is 19.9. The Balaban J connectivity index is 1.99. The Hall–Kier alpha value is -1.78. The van der Waals surface area contributed by atoms with E-state index in [4.69, 9.17) is 12.8 Å². The summed E-state index contributed by atoms with van der Waals surface area (Å²) < 4.78 is 0. The van der Waals surface area contributed by atoms with Gasteiger partial charge in [0, 0.05) is 19.5 Å². The molecule has 0 N–H and O–H groups in total. The molecule has 3 heterocycles. The summed E-state index contributed by atoms with van der Waals surface area (Å²) in [7, 11) is 0. The van der Waals surface area contributed by atoms with Crippen LogP contribution in [0.2, 0.25) is 0 Å². The van der Waals surface area contributed by atoms with Crippen LogP contribution in [0.1, 0.15) is 162 Å². The molecule has 0 amide bonds. The SMILES string of the molecule is C#Cc1sc(-c2ccc(-c3sc(C#C)c(CCCCCC)c3CCCCCC)s2)c(CCCCCC)c1CCCCCC. The van der Waals surface area contributed by atoms with Crippen molar-refractivity contribution >= 4 is 34.0 Å². The largest absolute Gasteiger partial charge is 0.133 e. The van der Waals surface area contributed by atoms with Crippen LogP contribution in [-0.2, 0) is 25.7 Å². The summed E-state index contributed by atoms with van der Waals surface area (Å²) in [5.74, 6) is 6.20. The van der Waals surface area contributed by atoms with Gasteiger partial charge in [0.05, 0.1) is 9.75 Å². The van der Waals surface area contributed by atoms with Crippen molar-refractivity contribution in [1.29, 1.82) is 0 Å². The summed E-state index contributed by atoms with van der Waals surface area (Å²) in [6.45, 7) is 9.16. The molecule has 3 heteroatoms. The number of hydrogen-bond donors (Lipinski definition) is 0. The van der Waals surface area contributed by atoms with Crippen molar-refractivity contribution in [3.05, 3.63) is 44.1 Å². The number of rotatable bonds is 22. The van der Waals surface area contributed by atoms with Crippen molar-refractivity contribution in [3.8, 4) is 44.2 Å². The average Bonchev–Trinajstić information content (AvgIpc) is 3.73. The van der Waals surface area contributed by atoms with Crippen molar-refractivity contribution in [2.75, 3.05) is 0 Å². The Bertz CT molecular complexity index is 1200. The Morgan fingerprint density at radius 2 is 0.767 bits per heavy atom. The van der Waals surface area contributed by atoms with Gasteiger partial charge in [0.1, 0.15) is 0 Å². The monoisotopic (exact) mass is 632 g/mol. The second-order valence-corrected chi connectivity index (χ2v) is 15.3. The first kappa shape index (κ1) is 35.7. The van der Waals surface area contributed by atoms with E-state index in [-0.39, 0.29) is 0 Å². The highest BCUT2D eigenvalue weighted by Crippen LogP contribution is 2.47. The summed E-state index contributed by atoms with van der Waals surface area (Å²) >= 11 is 5.71. The Morgan fingerprint density at radius 3 is 1.07 bits per heavy atom. The number of unbranched alkanes of at least 4 members (excludes halogenated alkanes) is 12. The Labute approximate surface area is 277 Å². The normalized spacial score (nSPS) is 11.2. The van der Waals surface area contributed by atoms with Crippen LogP contribution in [0.15, 0.2) is 12.1 Å². The van der Waals surface area contributed by atoms with Crippen LogP contribution in [0, 0.1) is 24.7 Å². The fourth-order valence-corrected chi connectivity index (χ4v) is 9.88. The molecular formula is C40H56S3. The molecule has 0 aromatic carbocycles. The predicted octanol–water partition coefficient (Wildman–Crippen LogP) is 13.7. The molecule has 3 rings (SSSR count). The third-order valence-electron chi connectivity index (χ3n) is 8.67. The van der Waals surface area contributed by atoms with Gasteiger partial charge < -0.3 is 0 Å². The molecule has 0 bridgehead atoms. The molecular weight excluding hydrogens is 577 g/mol. The standard InChI is InChI=1S/C40H56S3/c1-7-13-17-21-25-31-33(27-23-19-15-9-3)39(42-35(31)11-5)37-29-30-38(41-37)40-34(28-24-20-16-10-4)32(36(12-6)43-40)26-22-18-14-8-2/h5-6,29-30H,7-10,13-28H2,1-4H3. The van der Waals surface area contributed by atoms with E-state index in [0.717, 1.165) is 25.7 Å². The van der Waals surface area contributed by atoms with E-state index in [0.29, 0.717) is 0 Å². The minimum Gasteiger partial charge on any atom is -0.133 e. The number of terminal acetylenes is 2. The van der Waals surface area contributed by atoms with E-state index >= 15 is 0 Å². The average molecular weight is 633 g/mol. The smallest absolute Gasteiger partial charge is 0.0807 e. The van der Waals surface area contributed by atoms with Crippen LogP contribution in [0.3, 0.4) is 0 Å². The maximum absolute atomic E-state index is 6.14. The van der Waals surface area contributed by atoms with Crippen molar-refractivity contribution < 1.29 is 0 Å². The van der Waals surface area contributed by atoms with Crippen LogP contribution in [0.5, 0.6) is 0 Å². The first-order valence-electron chi connectivity index (χ1n) is 17.5. The van der Waals surface area contributed by atoms with Gasteiger partial charge in [-0.2, -0.15) is 0 Å². The minimum absolute atomic E-state index is 1.12. The molecule has 3 aromatic rings. The van der Waals surface area contributed by atoms with Gasteiger partial charge >= 0.3 is 0 Å². The van der Waals surface area contributed by atoms with Gasteiger partial charge in [0.25, 0.3) is 0 Å². The molecule has 0 aliphatic heterocycles. The van der Waals surface area contributed by atoms with E-state index in [2.05, 4.69) is 51.7 Å². The molecule has 0 aliphatic rings. The summed E-state index contributed by atoms with van der Waals surface area (Å²) in [4.78, 5) is 7.98. The molecule has 0 saturated carbocycles. The molecule has 0 saturated heterocycles. The van der Waals surface area contributed by atoms with Gasteiger partial charge in [0.2, 0.25) is 0 Å². The van der Waals surface area contributed by atoms with Crippen LogP contribution in [-0.4, -0.2) is 0 Å². The van der Waals surface area contributed by atoms with Crippen molar-refractivity contribution in [1.82, 2.24) is 0 Å². The van der Waals surface area contributed by atoms with Crippen LogP contribution >= 0.6 is 34.0 Å². The predicted molar refractivity (Wildman–Crippen MR) is 198 cm³/mol. The number of hydrogen-bond acceptors (Lipinski definition) is 3. The zero-order valence-electron chi connectivity index (χ0n) is 27.7. The molecule has 0 radical (unpaired) electrons. The minimum atomic E-state index is 1.12. The molecule has 234 valence electrons. The van der Waals surface area contributed by atoms with E-state index in [1.807, 2.05) is 34.0 Å². The molecule has 3 aromatic heterocycles. The quantitative estimate of drug-likeness (QED) is 0.0763. The maximum atomic E-state index is 6.14. The third-order valence-corrected chi connectivity index (χ3v) is 12.5. The highest BCUT2D eigenvalue weighted by Gasteiger charge is 2.22. The second-order valence-electron chi connectivity index (χ2n) is 12.1.